The van der Waals surface area contributed by atoms with Crippen molar-refractivity contribution < 1.29 is 14.6 Å². The summed E-state index contributed by atoms with van der Waals surface area (Å²) in [6.07, 6.45) is 0. The highest BCUT2D eigenvalue weighted by molar-refractivity contribution is 5.95. The van der Waals surface area contributed by atoms with Gasteiger partial charge in [0.2, 0.25) is 5.88 Å². The van der Waals surface area contributed by atoms with E-state index in [9.17, 15) is 9.90 Å². The predicted octanol–water partition coefficient (Wildman–Crippen LogP) is 3.73. The lowest BCUT2D eigenvalue weighted by Gasteiger charge is -2.09. The van der Waals surface area contributed by atoms with Crippen LogP contribution < -0.4 is 4.74 Å². The minimum Gasteiger partial charge on any atom is -0.477 e. The molecule has 0 fully saturated rings. The Hall–Kier alpha value is -2.88. The second kappa shape index (κ2) is 5.01. The molecule has 98 valence electrons. The van der Waals surface area contributed by atoms with E-state index in [0.29, 0.717) is 11.3 Å². The molecule has 1 heterocycles. The Labute approximate surface area is 115 Å². The smallest absolute Gasteiger partial charge is 0.341 e. The first-order chi connectivity index (χ1) is 9.74. The summed E-state index contributed by atoms with van der Waals surface area (Å²) in [6.45, 7) is 0. The molecule has 0 saturated carbocycles. The molecule has 3 aromatic rings. The molecule has 0 aliphatic rings. The van der Waals surface area contributed by atoms with Gasteiger partial charge in [0, 0.05) is 5.39 Å². The number of nitrogens with zero attached hydrogens (tertiary/aromatic N) is 1. The Kier molecular flexibility index (Phi) is 3.05. The van der Waals surface area contributed by atoms with E-state index in [0.717, 1.165) is 5.39 Å². The Bertz CT molecular complexity index is 769. The summed E-state index contributed by atoms with van der Waals surface area (Å²) in [5.74, 6) is -0.408. The van der Waals surface area contributed by atoms with Crippen molar-refractivity contribution in [3.8, 4) is 11.6 Å². The zero-order chi connectivity index (χ0) is 13.9. The molecule has 0 unspecified atom stereocenters. The van der Waals surface area contributed by atoms with E-state index >= 15 is 0 Å². The molecule has 1 aromatic heterocycles. The lowest BCUT2D eigenvalue weighted by molar-refractivity contribution is 0.0693. The normalized spacial score (nSPS) is 10.4. The van der Waals surface area contributed by atoms with Gasteiger partial charge in [-0.25, -0.2) is 9.78 Å². The van der Waals surface area contributed by atoms with E-state index in [4.69, 9.17) is 4.74 Å². The SMILES string of the molecule is O=C(O)c1cc2ccccc2nc1Oc1ccccc1. The summed E-state index contributed by atoms with van der Waals surface area (Å²) in [6, 6.07) is 17.9. The van der Waals surface area contributed by atoms with Crippen molar-refractivity contribution >= 4 is 16.9 Å². The van der Waals surface area contributed by atoms with Gasteiger partial charge in [0.1, 0.15) is 11.3 Å². The third kappa shape index (κ3) is 2.31. The van der Waals surface area contributed by atoms with Gasteiger partial charge in [0.25, 0.3) is 0 Å². The molecule has 0 atom stereocenters. The van der Waals surface area contributed by atoms with Crippen LogP contribution in [-0.4, -0.2) is 16.1 Å². The van der Waals surface area contributed by atoms with E-state index in [1.54, 1.807) is 18.2 Å². The molecule has 0 bridgehead atoms. The summed E-state index contributed by atoms with van der Waals surface area (Å²) < 4.78 is 5.59. The zero-order valence-electron chi connectivity index (χ0n) is 10.5. The van der Waals surface area contributed by atoms with Crippen LogP contribution in [-0.2, 0) is 0 Å². The number of carboxylic acids is 1. The van der Waals surface area contributed by atoms with Gasteiger partial charge in [0.05, 0.1) is 5.52 Å². The molecule has 1 N–H and O–H groups in total. The number of benzene rings is 2. The van der Waals surface area contributed by atoms with Crippen LogP contribution in [0.2, 0.25) is 0 Å². The van der Waals surface area contributed by atoms with Crippen LogP contribution in [0, 0.1) is 0 Å². The van der Waals surface area contributed by atoms with E-state index in [2.05, 4.69) is 4.98 Å². The van der Waals surface area contributed by atoms with Crippen molar-refractivity contribution in [2.24, 2.45) is 0 Å². The second-order valence-electron chi connectivity index (χ2n) is 4.25. The molecule has 0 saturated heterocycles. The first-order valence-corrected chi connectivity index (χ1v) is 6.10. The highest BCUT2D eigenvalue weighted by atomic mass is 16.5. The quantitative estimate of drug-likeness (QED) is 0.784. The molecule has 0 aliphatic heterocycles. The molecule has 3 rings (SSSR count). The Morgan fingerprint density at radius 2 is 1.70 bits per heavy atom. The van der Waals surface area contributed by atoms with Crippen LogP contribution >= 0.6 is 0 Å². The second-order valence-corrected chi connectivity index (χ2v) is 4.25. The Morgan fingerprint density at radius 3 is 2.45 bits per heavy atom. The monoisotopic (exact) mass is 265 g/mol. The summed E-state index contributed by atoms with van der Waals surface area (Å²) in [7, 11) is 0. The van der Waals surface area contributed by atoms with Gasteiger partial charge in [0.15, 0.2) is 0 Å². The maximum Gasteiger partial charge on any atom is 0.341 e. The number of ether oxygens (including phenoxy) is 1. The minimum atomic E-state index is -1.06. The topological polar surface area (TPSA) is 59.4 Å². The number of rotatable bonds is 3. The van der Waals surface area contributed by atoms with Crippen molar-refractivity contribution in [2.45, 2.75) is 0 Å². The van der Waals surface area contributed by atoms with Gasteiger partial charge >= 0.3 is 5.97 Å². The van der Waals surface area contributed by atoms with Crippen LogP contribution in [0.15, 0.2) is 60.7 Å². The fourth-order valence-corrected chi connectivity index (χ4v) is 1.93. The number of carboxylic acid groups (broad SMARTS) is 1. The summed E-state index contributed by atoms with van der Waals surface area (Å²) in [4.78, 5) is 15.6. The highest BCUT2D eigenvalue weighted by Crippen LogP contribution is 2.26. The standard InChI is InChI=1S/C16H11NO3/c18-16(19)13-10-11-6-4-5-9-14(11)17-15(13)20-12-7-2-1-3-8-12/h1-10H,(H,18,19). The average Bonchev–Trinajstić information content (AvgIpc) is 2.47. The first-order valence-electron chi connectivity index (χ1n) is 6.10. The van der Waals surface area contributed by atoms with Crippen molar-refractivity contribution in [2.75, 3.05) is 0 Å². The third-order valence-corrected chi connectivity index (χ3v) is 2.88. The first kappa shape index (κ1) is 12.2. The Balaban J connectivity index is 2.12. The number of hydrogen-bond acceptors (Lipinski definition) is 3. The lowest BCUT2D eigenvalue weighted by atomic mass is 10.1. The van der Waals surface area contributed by atoms with Crippen molar-refractivity contribution in [3.63, 3.8) is 0 Å². The molecule has 2 aromatic carbocycles. The van der Waals surface area contributed by atoms with Gasteiger partial charge in [-0.15, -0.1) is 0 Å². The summed E-state index contributed by atoms with van der Waals surface area (Å²) in [5.41, 5.74) is 0.746. The minimum absolute atomic E-state index is 0.0487. The van der Waals surface area contributed by atoms with Gasteiger partial charge in [-0.1, -0.05) is 36.4 Å². The molecule has 0 spiro atoms. The molecular weight excluding hydrogens is 254 g/mol. The number of hydrogen-bond donors (Lipinski definition) is 1. The molecule has 0 aliphatic carbocycles. The number of para-hydroxylation sites is 2. The van der Waals surface area contributed by atoms with Gasteiger partial charge in [-0.2, -0.15) is 0 Å². The van der Waals surface area contributed by atoms with Crippen LogP contribution in [0.1, 0.15) is 10.4 Å². The van der Waals surface area contributed by atoms with E-state index in [-0.39, 0.29) is 11.4 Å². The largest absolute Gasteiger partial charge is 0.477 e. The van der Waals surface area contributed by atoms with Gasteiger partial charge in [-0.3, -0.25) is 0 Å². The Morgan fingerprint density at radius 1 is 1.00 bits per heavy atom. The third-order valence-electron chi connectivity index (χ3n) is 2.88. The number of aromatic carboxylic acids is 1. The number of aromatic nitrogens is 1. The van der Waals surface area contributed by atoms with Crippen LogP contribution in [0.3, 0.4) is 0 Å². The van der Waals surface area contributed by atoms with Crippen LogP contribution in [0.4, 0.5) is 0 Å². The van der Waals surface area contributed by atoms with Crippen molar-refractivity contribution in [3.05, 3.63) is 66.2 Å². The van der Waals surface area contributed by atoms with E-state index in [1.165, 1.54) is 0 Å². The maximum atomic E-state index is 11.3. The molecule has 4 nitrogen and oxygen atoms in total. The number of fused-ring (bicyclic) bond motifs is 1. The highest BCUT2D eigenvalue weighted by Gasteiger charge is 2.15. The van der Waals surface area contributed by atoms with Crippen molar-refractivity contribution in [1.82, 2.24) is 4.98 Å². The number of carbonyl (C=O) groups is 1. The summed E-state index contributed by atoms with van der Waals surface area (Å²) in [5, 5.41) is 10.1. The molecule has 0 amide bonds. The summed E-state index contributed by atoms with van der Waals surface area (Å²) >= 11 is 0. The molecular formula is C16H11NO3. The van der Waals surface area contributed by atoms with Gasteiger partial charge in [-0.05, 0) is 24.3 Å². The zero-order valence-corrected chi connectivity index (χ0v) is 10.5. The van der Waals surface area contributed by atoms with Crippen LogP contribution in [0.5, 0.6) is 11.6 Å². The molecule has 4 heteroatoms. The average molecular weight is 265 g/mol. The van der Waals surface area contributed by atoms with E-state index in [1.807, 2.05) is 42.5 Å². The molecule has 20 heavy (non-hydrogen) atoms. The fraction of sp³-hybridized carbons (Fsp3) is 0. The lowest BCUT2D eigenvalue weighted by Crippen LogP contribution is -2.02. The predicted molar refractivity (Wildman–Crippen MR) is 75.2 cm³/mol. The van der Waals surface area contributed by atoms with E-state index < -0.39 is 5.97 Å². The van der Waals surface area contributed by atoms with Gasteiger partial charge < -0.3 is 9.84 Å². The fourth-order valence-electron chi connectivity index (χ4n) is 1.93. The number of pyridine rings is 1. The van der Waals surface area contributed by atoms with Crippen LogP contribution in [0.25, 0.3) is 10.9 Å². The molecule has 0 radical (unpaired) electrons. The van der Waals surface area contributed by atoms with Crippen molar-refractivity contribution in [1.29, 1.82) is 0 Å². The maximum absolute atomic E-state index is 11.3.